The van der Waals surface area contributed by atoms with E-state index in [2.05, 4.69) is 35.0 Å². The third-order valence-corrected chi connectivity index (χ3v) is 5.41. The van der Waals surface area contributed by atoms with Crippen LogP contribution in [0.25, 0.3) is 5.69 Å². The molecule has 1 aromatic heterocycles. The molecule has 1 aliphatic rings. The van der Waals surface area contributed by atoms with Crippen LogP contribution in [0.5, 0.6) is 0 Å². The average Bonchev–Trinajstić information content (AvgIpc) is 3.37. The minimum atomic E-state index is -0.120. The van der Waals surface area contributed by atoms with E-state index in [1.54, 1.807) is 10.9 Å². The molecule has 4 rings (SSSR count). The monoisotopic (exact) mass is 363 g/mol. The van der Waals surface area contributed by atoms with Gasteiger partial charge in [-0.2, -0.15) is 9.78 Å². The first-order chi connectivity index (χ1) is 13.2. The molecule has 0 aliphatic carbocycles. The maximum Gasteiger partial charge on any atom is 0.351 e. The Kier molecular flexibility index (Phi) is 4.92. The minimum Gasteiger partial charge on any atom is -0.274 e. The number of aromatic nitrogens is 3. The van der Waals surface area contributed by atoms with Crippen molar-refractivity contribution in [3.8, 4) is 5.69 Å². The summed E-state index contributed by atoms with van der Waals surface area (Å²) in [4.78, 5) is 13.0. The topological polar surface area (TPSA) is 63.9 Å². The van der Waals surface area contributed by atoms with E-state index in [1.165, 1.54) is 15.8 Å². The van der Waals surface area contributed by atoms with Crippen molar-refractivity contribution in [3.05, 3.63) is 82.0 Å². The summed E-state index contributed by atoms with van der Waals surface area (Å²) in [6.45, 7) is 6.02. The maximum absolute atomic E-state index is 13.0. The number of nitrogens with zero attached hydrogens (tertiary/aromatic N) is 3. The van der Waals surface area contributed by atoms with Crippen molar-refractivity contribution in [2.45, 2.75) is 32.2 Å². The zero-order valence-electron chi connectivity index (χ0n) is 15.7. The van der Waals surface area contributed by atoms with E-state index in [-0.39, 0.29) is 11.7 Å². The molecular weight excluding hydrogens is 338 g/mol. The molecule has 1 fully saturated rings. The smallest absolute Gasteiger partial charge is 0.274 e. The summed E-state index contributed by atoms with van der Waals surface area (Å²) in [5, 5.41) is 4.38. The Morgan fingerprint density at radius 2 is 1.89 bits per heavy atom. The molecule has 3 aromatic rings. The van der Waals surface area contributed by atoms with Crippen molar-refractivity contribution in [3.63, 3.8) is 0 Å². The zero-order chi connectivity index (χ0) is 18.8. The molecule has 140 valence electrons. The second-order valence-corrected chi connectivity index (χ2v) is 7.01. The van der Waals surface area contributed by atoms with E-state index >= 15 is 0 Å². The third kappa shape index (κ3) is 3.34. The van der Waals surface area contributed by atoms with Crippen LogP contribution in [0.4, 0.5) is 0 Å². The molecular formula is C21H25N5O. The number of benzene rings is 2. The van der Waals surface area contributed by atoms with E-state index in [1.807, 2.05) is 43.3 Å². The largest absolute Gasteiger partial charge is 0.351 e. The van der Waals surface area contributed by atoms with Gasteiger partial charge in [-0.25, -0.2) is 4.79 Å². The van der Waals surface area contributed by atoms with Crippen LogP contribution in [0.15, 0.2) is 59.7 Å². The summed E-state index contributed by atoms with van der Waals surface area (Å²) in [6, 6.07) is 16.2. The predicted octanol–water partition coefficient (Wildman–Crippen LogP) is 2.40. The van der Waals surface area contributed by atoms with Crippen LogP contribution >= 0.6 is 0 Å². The van der Waals surface area contributed by atoms with Crippen LogP contribution < -0.4 is 16.5 Å². The third-order valence-electron chi connectivity index (χ3n) is 5.41. The summed E-state index contributed by atoms with van der Waals surface area (Å²) in [6.07, 6.45) is 2.56. The SMILES string of the molecule is CCc1cc(-n2ncn(C(C)c3ccccc3)c2=O)ccc1C1CNNC1. The van der Waals surface area contributed by atoms with Crippen LogP contribution in [0.2, 0.25) is 0 Å². The molecule has 6 heteroatoms. The van der Waals surface area contributed by atoms with Crippen LogP contribution in [-0.4, -0.2) is 27.4 Å². The minimum absolute atomic E-state index is 0.0620. The quantitative estimate of drug-likeness (QED) is 0.731. The van der Waals surface area contributed by atoms with Gasteiger partial charge in [-0.1, -0.05) is 43.3 Å². The van der Waals surface area contributed by atoms with Gasteiger partial charge in [0.2, 0.25) is 0 Å². The van der Waals surface area contributed by atoms with Gasteiger partial charge in [-0.15, -0.1) is 0 Å². The van der Waals surface area contributed by atoms with Crippen molar-refractivity contribution in [2.24, 2.45) is 0 Å². The van der Waals surface area contributed by atoms with Gasteiger partial charge in [0.05, 0.1) is 11.7 Å². The zero-order valence-corrected chi connectivity index (χ0v) is 15.7. The second-order valence-electron chi connectivity index (χ2n) is 7.01. The average molecular weight is 363 g/mol. The summed E-state index contributed by atoms with van der Waals surface area (Å²) in [5.74, 6) is 0.460. The Morgan fingerprint density at radius 1 is 1.15 bits per heavy atom. The van der Waals surface area contributed by atoms with E-state index in [9.17, 15) is 4.79 Å². The van der Waals surface area contributed by atoms with Gasteiger partial charge < -0.3 is 0 Å². The molecule has 6 nitrogen and oxygen atoms in total. The Hall–Kier alpha value is -2.70. The molecule has 0 radical (unpaired) electrons. The van der Waals surface area contributed by atoms with Gasteiger partial charge in [0.1, 0.15) is 6.33 Å². The van der Waals surface area contributed by atoms with E-state index in [0.29, 0.717) is 5.92 Å². The molecule has 1 saturated heterocycles. The van der Waals surface area contributed by atoms with Crippen LogP contribution in [0, 0.1) is 0 Å². The number of hydrogen-bond acceptors (Lipinski definition) is 4. The fourth-order valence-corrected chi connectivity index (χ4v) is 3.76. The first-order valence-electron chi connectivity index (χ1n) is 9.49. The fraction of sp³-hybridized carbons (Fsp3) is 0.333. The highest BCUT2D eigenvalue weighted by Gasteiger charge is 2.20. The number of aryl methyl sites for hydroxylation is 1. The fourth-order valence-electron chi connectivity index (χ4n) is 3.76. The lowest BCUT2D eigenvalue weighted by Gasteiger charge is -2.15. The van der Waals surface area contributed by atoms with Crippen LogP contribution in [-0.2, 0) is 6.42 Å². The van der Waals surface area contributed by atoms with Gasteiger partial charge in [-0.05, 0) is 42.2 Å². The maximum atomic E-state index is 13.0. The molecule has 0 bridgehead atoms. The Balaban J connectivity index is 1.68. The van der Waals surface area contributed by atoms with Crippen molar-refractivity contribution < 1.29 is 0 Å². The van der Waals surface area contributed by atoms with Gasteiger partial charge in [0.15, 0.2) is 0 Å². The predicted molar refractivity (Wildman–Crippen MR) is 106 cm³/mol. The van der Waals surface area contributed by atoms with Crippen molar-refractivity contribution >= 4 is 0 Å². The molecule has 27 heavy (non-hydrogen) atoms. The Morgan fingerprint density at radius 3 is 2.59 bits per heavy atom. The van der Waals surface area contributed by atoms with Gasteiger partial charge in [0, 0.05) is 19.0 Å². The molecule has 1 unspecified atom stereocenters. The molecule has 0 spiro atoms. The van der Waals surface area contributed by atoms with Crippen molar-refractivity contribution in [1.29, 1.82) is 0 Å². The first-order valence-corrected chi connectivity index (χ1v) is 9.49. The van der Waals surface area contributed by atoms with Gasteiger partial charge in [-0.3, -0.25) is 15.4 Å². The number of hydrazine groups is 1. The summed E-state index contributed by atoms with van der Waals surface area (Å²) >= 11 is 0. The van der Waals surface area contributed by atoms with E-state index in [4.69, 9.17) is 0 Å². The normalized spacial score (nSPS) is 15.9. The summed E-state index contributed by atoms with van der Waals surface area (Å²) < 4.78 is 3.17. The molecule has 2 aromatic carbocycles. The number of rotatable bonds is 5. The highest BCUT2D eigenvalue weighted by molar-refractivity contribution is 5.42. The lowest BCUT2D eigenvalue weighted by Crippen LogP contribution is -2.26. The lowest BCUT2D eigenvalue weighted by atomic mass is 9.93. The van der Waals surface area contributed by atoms with E-state index < -0.39 is 0 Å². The Bertz CT molecular complexity index is 970. The molecule has 2 heterocycles. The van der Waals surface area contributed by atoms with Gasteiger partial charge in [0.25, 0.3) is 0 Å². The van der Waals surface area contributed by atoms with E-state index in [0.717, 1.165) is 30.8 Å². The highest BCUT2D eigenvalue weighted by atomic mass is 16.2. The van der Waals surface area contributed by atoms with Crippen molar-refractivity contribution in [1.82, 2.24) is 25.2 Å². The second kappa shape index (κ2) is 7.50. The summed E-state index contributed by atoms with van der Waals surface area (Å²) in [5.41, 5.74) is 10.8. The lowest BCUT2D eigenvalue weighted by molar-refractivity contribution is 0.609. The number of hydrogen-bond donors (Lipinski definition) is 2. The summed E-state index contributed by atoms with van der Waals surface area (Å²) in [7, 11) is 0. The van der Waals surface area contributed by atoms with Crippen LogP contribution in [0.1, 0.15) is 42.5 Å². The molecule has 1 atom stereocenters. The molecule has 2 N–H and O–H groups in total. The highest BCUT2D eigenvalue weighted by Crippen LogP contribution is 2.24. The standard InChI is InChI=1S/C21H25N5O/c1-3-16-11-19(9-10-20(16)18-12-22-23-13-18)26-21(27)25(14-24-26)15(2)17-7-5-4-6-8-17/h4-11,14-15,18,22-23H,3,12-13H2,1-2H3. The number of nitrogens with one attached hydrogen (secondary N) is 2. The van der Waals surface area contributed by atoms with Gasteiger partial charge >= 0.3 is 5.69 Å². The molecule has 0 amide bonds. The van der Waals surface area contributed by atoms with Crippen LogP contribution in [0.3, 0.4) is 0 Å². The Labute approximate surface area is 158 Å². The van der Waals surface area contributed by atoms with Crippen molar-refractivity contribution in [2.75, 3.05) is 13.1 Å². The molecule has 1 aliphatic heterocycles. The first kappa shape index (κ1) is 17.7. The molecule has 0 saturated carbocycles.